The monoisotopic (exact) mass is 431 g/mol. The number of hydrogen-bond acceptors (Lipinski definition) is 6. The van der Waals surface area contributed by atoms with Crippen LogP contribution in [0.15, 0.2) is 30.3 Å². The number of ether oxygens (including phenoxy) is 3. The largest absolute Gasteiger partial charge is 0.436 e. The Bertz CT molecular complexity index is 771. The summed E-state index contributed by atoms with van der Waals surface area (Å²) < 4.78 is 16.6. The van der Waals surface area contributed by atoms with E-state index in [9.17, 15) is 14.9 Å². The molecule has 31 heavy (non-hydrogen) atoms. The highest BCUT2D eigenvalue weighted by atomic mass is 16.6. The van der Waals surface area contributed by atoms with Crippen LogP contribution in [0.2, 0.25) is 0 Å². The minimum Gasteiger partial charge on any atom is -0.436 e. The molecule has 2 atom stereocenters. The smallest absolute Gasteiger partial charge is 0.410 e. The lowest BCUT2D eigenvalue weighted by Gasteiger charge is -2.33. The van der Waals surface area contributed by atoms with E-state index in [-0.39, 0.29) is 12.0 Å². The third-order valence-corrected chi connectivity index (χ3v) is 5.45. The van der Waals surface area contributed by atoms with E-state index in [1.165, 1.54) is 11.8 Å². The predicted molar refractivity (Wildman–Crippen MR) is 115 cm³/mol. The number of nitrogens with one attached hydrogen (secondary N) is 1. The Hall–Kier alpha value is -2.63. The third kappa shape index (κ3) is 7.85. The van der Waals surface area contributed by atoms with Crippen molar-refractivity contribution in [1.82, 2.24) is 10.2 Å². The summed E-state index contributed by atoms with van der Waals surface area (Å²) in [5, 5.41) is 12.3. The number of morpholine rings is 1. The van der Waals surface area contributed by atoms with Crippen molar-refractivity contribution in [3.05, 3.63) is 35.9 Å². The molecule has 1 saturated heterocycles. The molecular weight excluding hydrogens is 398 g/mol. The zero-order valence-corrected chi connectivity index (χ0v) is 18.8. The van der Waals surface area contributed by atoms with E-state index in [1.54, 1.807) is 0 Å². The number of amides is 2. The molecule has 0 radical (unpaired) electrons. The van der Waals surface area contributed by atoms with Gasteiger partial charge in [-0.1, -0.05) is 57.5 Å². The van der Waals surface area contributed by atoms with E-state index in [0.717, 1.165) is 12.0 Å². The average Bonchev–Trinajstić information content (AvgIpc) is 2.78. The maximum atomic E-state index is 13.1. The first-order chi connectivity index (χ1) is 14.7. The molecule has 2 rings (SSSR count). The van der Waals surface area contributed by atoms with Crippen LogP contribution in [0.5, 0.6) is 0 Å². The molecule has 0 aliphatic carbocycles. The normalized spacial score (nSPS) is 17.2. The third-order valence-electron chi connectivity index (χ3n) is 5.45. The van der Waals surface area contributed by atoms with Crippen LogP contribution in [-0.2, 0) is 25.6 Å². The molecule has 8 heteroatoms. The van der Waals surface area contributed by atoms with Gasteiger partial charge in [-0.25, -0.2) is 4.79 Å². The molecule has 1 N–H and O–H groups in total. The molecule has 8 nitrogen and oxygen atoms in total. The molecule has 1 fully saturated rings. The van der Waals surface area contributed by atoms with E-state index < -0.39 is 23.8 Å². The van der Waals surface area contributed by atoms with Gasteiger partial charge in [0.25, 0.3) is 5.91 Å². The van der Waals surface area contributed by atoms with Crippen molar-refractivity contribution >= 4 is 12.0 Å². The molecule has 1 aliphatic rings. The van der Waals surface area contributed by atoms with Crippen LogP contribution in [0.25, 0.3) is 0 Å². The highest BCUT2D eigenvalue weighted by molar-refractivity contribution is 5.84. The van der Waals surface area contributed by atoms with Crippen LogP contribution in [-0.4, -0.2) is 55.0 Å². The molecule has 1 aliphatic heterocycles. The highest BCUT2D eigenvalue weighted by Gasteiger charge is 2.36. The Kier molecular flexibility index (Phi) is 8.84. The van der Waals surface area contributed by atoms with Crippen LogP contribution >= 0.6 is 0 Å². The number of benzene rings is 1. The van der Waals surface area contributed by atoms with E-state index in [4.69, 9.17) is 14.2 Å². The summed E-state index contributed by atoms with van der Waals surface area (Å²) in [5.74, 6) is -0.555. The fraction of sp³-hybridized carbons (Fsp3) is 0.609. The molecule has 0 spiro atoms. The number of nitrogens with zero attached hydrogens (tertiary/aromatic N) is 2. The summed E-state index contributed by atoms with van der Waals surface area (Å²) in [6, 6.07) is 11.4. The highest BCUT2D eigenvalue weighted by Crippen LogP contribution is 2.28. The quantitative estimate of drug-likeness (QED) is 0.603. The first-order valence-corrected chi connectivity index (χ1v) is 10.6. The fourth-order valence-corrected chi connectivity index (χ4v) is 2.99. The Morgan fingerprint density at radius 1 is 1.23 bits per heavy atom. The van der Waals surface area contributed by atoms with Gasteiger partial charge in [0, 0.05) is 13.1 Å². The van der Waals surface area contributed by atoms with Crippen molar-refractivity contribution in [3.63, 3.8) is 0 Å². The summed E-state index contributed by atoms with van der Waals surface area (Å²) in [5.41, 5.74) is -0.922. The predicted octanol–water partition coefficient (Wildman–Crippen LogP) is 3.22. The second kappa shape index (κ2) is 11.1. The van der Waals surface area contributed by atoms with Gasteiger partial charge in [-0.05, 0) is 24.3 Å². The lowest BCUT2D eigenvalue weighted by atomic mass is 9.84. The molecule has 1 heterocycles. The summed E-state index contributed by atoms with van der Waals surface area (Å²) in [6.45, 7) is 9.38. The molecule has 0 saturated carbocycles. The van der Waals surface area contributed by atoms with Gasteiger partial charge in [0.15, 0.2) is 6.10 Å². The molecule has 170 valence electrons. The maximum Gasteiger partial charge on any atom is 0.410 e. The first-order valence-electron chi connectivity index (χ1n) is 10.6. The lowest BCUT2D eigenvalue weighted by molar-refractivity contribution is -0.140. The average molecular weight is 432 g/mol. The molecule has 0 aromatic heterocycles. The van der Waals surface area contributed by atoms with E-state index in [0.29, 0.717) is 32.7 Å². The zero-order valence-electron chi connectivity index (χ0n) is 18.8. The summed E-state index contributed by atoms with van der Waals surface area (Å²) in [6.07, 6.45) is -0.477. The minimum absolute atomic E-state index is 0.157. The fourth-order valence-electron chi connectivity index (χ4n) is 2.99. The van der Waals surface area contributed by atoms with Gasteiger partial charge in [-0.15, -0.1) is 0 Å². The molecule has 1 aromatic rings. The minimum atomic E-state index is -1.56. The van der Waals surface area contributed by atoms with Crippen molar-refractivity contribution < 1.29 is 23.8 Å². The topological polar surface area (TPSA) is 101 Å². The van der Waals surface area contributed by atoms with Gasteiger partial charge in [0.1, 0.15) is 6.07 Å². The van der Waals surface area contributed by atoms with Crippen LogP contribution in [0.1, 0.15) is 46.1 Å². The van der Waals surface area contributed by atoms with Crippen LogP contribution < -0.4 is 5.32 Å². The molecule has 2 unspecified atom stereocenters. The lowest BCUT2D eigenvalue weighted by Crippen LogP contribution is -2.53. The number of rotatable bonds is 9. The molecule has 2 amide bonds. The number of carbonyl (C=O) groups is 2. The van der Waals surface area contributed by atoms with E-state index in [2.05, 4.69) is 5.32 Å². The Labute approximate surface area is 184 Å². The number of carbonyl (C=O) groups excluding carboxylic acids is 2. The molecule has 1 aromatic carbocycles. The van der Waals surface area contributed by atoms with Crippen molar-refractivity contribution in [1.29, 1.82) is 5.26 Å². The Balaban J connectivity index is 2.08. The molecule has 0 bridgehead atoms. The van der Waals surface area contributed by atoms with Crippen molar-refractivity contribution in [2.24, 2.45) is 5.41 Å². The Morgan fingerprint density at radius 2 is 1.87 bits per heavy atom. The summed E-state index contributed by atoms with van der Waals surface area (Å²) >= 11 is 0. The van der Waals surface area contributed by atoms with Gasteiger partial charge in [-0.2, -0.15) is 5.26 Å². The SMILES string of the molecule is CCC(C)(C)CC(OC(=O)N1CCOCC1)C(=O)NC(C)(C#N)OCc1ccccc1. The second-order valence-electron chi connectivity index (χ2n) is 8.60. The van der Waals surface area contributed by atoms with Gasteiger partial charge >= 0.3 is 6.09 Å². The number of hydrogen-bond donors (Lipinski definition) is 1. The zero-order chi connectivity index (χ0) is 22.9. The van der Waals surface area contributed by atoms with Gasteiger partial charge in [0.2, 0.25) is 5.72 Å². The van der Waals surface area contributed by atoms with Crippen LogP contribution in [0, 0.1) is 16.7 Å². The van der Waals surface area contributed by atoms with Crippen LogP contribution in [0.3, 0.4) is 0 Å². The standard InChI is InChI=1S/C23H33N3O5/c1-5-22(2,3)15-19(31-21(28)26-11-13-29-14-12-26)20(27)25-23(4,17-24)30-16-18-9-7-6-8-10-18/h6-10,19H,5,11-16H2,1-4H3,(H,25,27). The van der Waals surface area contributed by atoms with Crippen molar-refractivity contribution in [3.8, 4) is 6.07 Å². The number of nitriles is 1. The van der Waals surface area contributed by atoms with Crippen molar-refractivity contribution in [2.75, 3.05) is 26.3 Å². The van der Waals surface area contributed by atoms with Gasteiger partial charge in [-0.3, -0.25) is 4.79 Å². The summed E-state index contributed by atoms with van der Waals surface area (Å²) in [7, 11) is 0. The van der Waals surface area contributed by atoms with Crippen LogP contribution in [0.4, 0.5) is 4.79 Å². The van der Waals surface area contributed by atoms with Crippen molar-refractivity contribution in [2.45, 2.75) is 59.0 Å². The summed E-state index contributed by atoms with van der Waals surface area (Å²) in [4.78, 5) is 27.2. The van der Waals surface area contributed by atoms with E-state index >= 15 is 0 Å². The second-order valence-corrected chi connectivity index (χ2v) is 8.60. The van der Waals surface area contributed by atoms with E-state index in [1.807, 2.05) is 57.2 Å². The van der Waals surface area contributed by atoms with Gasteiger partial charge < -0.3 is 24.4 Å². The van der Waals surface area contributed by atoms with Gasteiger partial charge in [0.05, 0.1) is 19.8 Å². The maximum absolute atomic E-state index is 13.1. The first kappa shape index (κ1) is 24.6. The molecular formula is C23H33N3O5. The Morgan fingerprint density at radius 3 is 2.45 bits per heavy atom.